The molecular formula is C28H32ClN3O5. The van der Waals surface area contributed by atoms with Gasteiger partial charge in [-0.3, -0.25) is 14.4 Å². The standard InChI is InChI=1S/C28H32ClN3O5/c1-17-15-28-22(21(27(17,2)37-28)24(34)30-16-18-9-4-3-5-10-18)26(36)32(13-8-14-33)23(28)25(35)31-20-12-7-6-11-19(20)29/h3-7,9-12,17,21-23,33H,8,13-16H2,1-2H3,(H,30,34)(H,31,35)/t17?,21-,22-,23?,27+,28?/m0/s1. The van der Waals surface area contributed by atoms with Crippen molar-refractivity contribution in [2.75, 3.05) is 18.5 Å². The lowest BCUT2D eigenvalue weighted by Gasteiger charge is -2.36. The Balaban J connectivity index is 1.48. The average Bonchev–Trinajstić information content (AvgIpc) is 3.39. The first-order chi connectivity index (χ1) is 17.7. The van der Waals surface area contributed by atoms with Gasteiger partial charge in [-0.15, -0.1) is 0 Å². The molecule has 9 heteroatoms. The highest BCUT2D eigenvalue weighted by atomic mass is 35.5. The van der Waals surface area contributed by atoms with E-state index in [1.807, 2.05) is 44.2 Å². The van der Waals surface area contributed by atoms with Crippen molar-refractivity contribution in [3.8, 4) is 0 Å². The van der Waals surface area contributed by atoms with Crippen molar-refractivity contribution < 1.29 is 24.2 Å². The van der Waals surface area contributed by atoms with Crippen LogP contribution in [0.15, 0.2) is 54.6 Å². The Labute approximate surface area is 221 Å². The van der Waals surface area contributed by atoms with Crippen LogP contribution in [0, 0.1) is 17.8 Å². The smallest absolute Gasteiger partial charge is 0.250 e. The summed E-state index contributed by atoms with van der Waals surface area (Å²) < 4.78 is 6.67. The number of hydrogen-bond acceptors (Lipinski definition) is 5. The topological polar surface area (TPSA) is 108 Å². The van der Waals surface area contributed by atoms with Crippen LogP contribution in [0.1, 0.15) is 32.3 Å². The van der Waals surface area contributed by atoms with E-state index in [0.29, 0.717) is 30.1 Å². The normalized spacial score (nSPS) is 31.9. The summed E-state index contributed by atoms with van der Waals surface area (Å²) in [6.07, 6.45) is 0.778. The fraction of sp³-hybridized carbons (Fsp3) is 0.464. The molecule has 37 heavy (non-hydrogen) atoms. The van der Waals surface area contributed by atoms with Gasteiger partial charge in [0.05, 0.1) is 28.1 Å². The number of hydrogen-bond donors (Lipinski definition) is 3. The van der Waals surface area contributed by atoms with Crippen LogP contribution in [-0.4, -0.2) is 58.1 Å². The minimum Gasteiger partial charge on any atom is -0.396 e. The second-order valence-electron chi connectivity index (χ2n) is 10.5. The maximum atomic E-state index is 13.9. The molecule has 3 unspecified atom stereocenters. The van der Waals surface area contributed by atoms with E-state index in [1.54, 1.807) is 24.3 Å². The van der Waals surface area contributed by atoms with Crippen LogP contribution in [0.5, 0.6) is 0 Å². The van der Waals surface area contributed by atoms with Crippen LogP contribution in [-0.2, 0) is 25.7 Å². The second-order valence-corrected chi connectivity index (χ2v) is 10.9. The van der Waals surface area contributed by atoms with Crippen LogP contribution in [0.2, 0.25) is 5.02 Å². The highest BCUT2D eigenvalue weighted by Crippen LogP contribution is 2.65. The molecule has 2 bridgehead atoms. The summed E-state index contributed by atoms with van der Waals surface area (Å²) in [5, 5.41) is 15.8. The van der Waals surface area contributed by atoms with Gasteiger partial charge in [0, 0.05) is 19.7 Å². The Hall–Kier alpha value is -2.94. The Morgan fingerprint density at radius 1 is 1.14 bits per heavy atom. The molecule has 8 nitrogen and oxygen atoms in total. The molecular weight excluding hydrogens is 494 g/mol. The quantitative estimate of drug-likeness (QED) is 0.491. The molecule has 0 saturated carbocycles. The number of rotatable bonds is 8. The van der Waals surface area contributed by atoms with E-state index in [9.17, 15) is 19.5 Å². The third kappa shape index (κ3) is 4.11. The summed E-state index contributed by atoms with van der Waals surface area (Å²) in [6.45, 7) is 4.27. The van der Waals surface area contributed by atoms with Crippen LogP contribution in [0.25, 0.3) is 0 Å². The number of carbonyl (C=O) groups excluding carboxylic acids is 3. The number of amides is 3. The molecule has 3 aliphatic rings. The van der Waals surface area contributed by atoms with Crippen molar-refractivity contribution in [1.82, 2.24) is 10.2 Å². The minimum atomic E-state index is -1.15. The van der Waals surface area contributed by atoms with Crippen LogP contribution in [0.4, 0.5) is 5.69 Å². The molecule has 0 aliphatic carbocycles. The van der Waals surface area contributed by atoms with E-state index in [0.717, 1.165) is 5.56 Å². The molecule has 2 aromatic rings. The number of ether oxygens (including phenoxy) is 1. The van der Waals surface area contributed by atoms with Crippen molar-refractivity contribution in [2.24, 2.45) is 17.8 Å². The maximum Gasteiger partial charge on any atom is 0.250 e. The van der Waals surface area contributed by atoms with E-state index < -0.39 is 35.0 Å². The van der Waals surface area contributed by atoms with Gasteiger partial charge in [-0.2, -0.15) is 0 Å². The molecule has 3 saturated heterocycles. The molecule has 0 aromatic heterocycles. The van der Waals surface area contributed by atoms with Gasteiger partial charge in [-0.1, -0.05) is 61.0 Å². The molecule has 3 aliphatic heterocycles. The lowest BCUT2D eigenvalue weighted by molar-refractivity contribution is -0.146. The zero-order valence-corrected chi connectivity index (χ0v) is 21.7. The first-order valence-corrected chi connectivity index (χ1v) is 13.1. The Bertz CT molecular complexity index is 1210. The van der Waals surface area contributed by atoms with Gasteiger partial charge in [0.25, 0.3) is 0 Å². The SMILES string of the molecule is CC1CC23O[C@@]1(C)[C@H](C(=O)NCc1ccccc1)[C@H]2C(=O)N(CCCO)C3C(=O)Nc1ccccc1Cl. The van der Waals surface area contributed by atoms with Crippen molar-refractivity contribution in [1.29, 1.82) is 0 Å². The summed E-state index contributed by atoms with van der Waals surface area (Å²) >= 11 is 6.29. The molecule has 2 aromatic carbocycles. The lowest BCUT2D eigenvalue weighted by atomic mass is 9.62. The first-order valence-electron chi connectivity index (χ1n) is 12.7. The Kier molecular flexibility index (Phi) is 6.77. The number of likely N-dealkylation sites (tertiary alicyclic amines) is 1. The van der Waals surface area contributed by atoms with Gasteiger partial charge in [0.15, 0.2) is 0 Å². The van der Waals surface area contributed by atoms with Gasteiger partial charge < -0.3 is 25.4 Å². The fourth-order valence-corrected chi connectivity index (χ4v) is 6.76. The molecule has 196 valence electrons. The summed E-state index contributed by atoms with van der Waals surface area (Å²) in [5.74, 6) is -2.57. The number of para-hydroxylation sites is 1. The third-order valence-corrected chi connectivity index (χ3v) is 8.67. The molecule has 1 spiro atoms. The van der Waals surface area contributed by atoms with E-state index in [2.05, 4.69) is 10.6 Å². The van der Waals surface area contributed by atoms with E-state index in [1.165, 1.54) is 4.90 Å². The Morgan fingerprint density at radius 3 is 2.54 bits per heavy atom. The molecule has 6 atom stereocenters. The van der Waals surface area contributed by atoms with Gasteiger partial charge in [0.2, 0.25) is 17.7 Å². The molecule has 3 heterocycles. The van der Waals surface area contributed by atoms with E-state index in [4.69, 9.17) is 16.3 Å². The molecule has 5 rings (SSSR count). The van der Waals surface area contributed by atoms with Gasteiger partial charge in [0.1, 0.15) is 11.6 Å². The first kappa shape index (κ1) is 25.7. The van der Waals surface area contributed by atoms with E-state index in [-0.39, 0.29) is 30.9 Å². The van der Waals surface area contributed by atoms with Gasteiger partial charge in [-0.05, 0) is 43.4 Å². The van der Waals surface area contributed by atoms with E-state index >= 15 is 0 Å². The van der Waals surface area contributed by atoms with Crippen LogP contribution < -0.4 is 10.6 Å². The number of aliphatic hydroxyl groups is 1. The lowest BCUT2D eigenvalue weighted by Crippen LogP contribution is -2.54. The molecule has 0 radical (unpaired) electrons. The highest BCUT2D eigenvalue weighted by Gasteiger charge is 2.79. The highest BCUT2D eigenvalue weighted by molar-refractivity contribution is 6.33. The number of carbonyl (C=O) groups is 3. The predicted octanol–water partition coefficient (Wildman–Crippen LogP) is 2.99. The van der Waals surface area contributed by atoms with Gasteiger partial charge in [-0.25, -0.2) is 0 Å². The monoisotopic (exact) mass is 525 g/mol. The summed E-state index contributed by atoms with van der Waals surface area (Å²) in [6, 6.07) is 15.5. The summed E-state index contributed by atoms with van der Waals surface area (Å²) in [4.78, 5) is 42.9. The average molecular weight is 526 g/mol. The molecule has 3 amide bonds. The van der Waals surface area contributed by atoms with Crippen LogP contribution >= 0.6 is 11.6 Å². The second kappa shape index (κ2) is 9.74. The largest absolute Gasteiger partial charge is 0.396 e. The Morgan fingerprint density at radius 2 is 1.84 bits per heavy atom. The van der Waals surface area contributed by atoms with Crippen molar-refractivity contribution in [2.45, 2.75) is 50.5 Å². The zero-order chi connectivity index (χ0) is 26.4. The number of nitrogens with zero attached hydrogens (tertiary/aromatic N) is 1. The minimum absolute atomic E-state index is 0.0579. The summed E-state index contributed by atoms with van der Waals surface area (Å²) in [7, 11) is 0. The number of fused-ring (bicyclic) bond motifs is 1. The number of nitrogens with one attached hydrogen (secondary N) is 2. The number of benzene rings is 2. The molecule has 3 fully saturated rings. The maximum absolute atomic E-state index is 13.9. The molecule has 3 N–H and O–H groups in total. The number of aliphatic hydroxyl groups excluding tert-OH is 1. The van der Waals surface area contributed by atoms with Crippen molar-refractivity contribution in [3.05, 3.63) is 65.2 Å². The van der Waals surface area contributed by atoms with Gasteiger partial charge >= 0.3 is 0 Å². The predicted molar refractivity (Wildman–Crippen MR) is 139 cm³/mol. The third-order valence-electron chi connectivity index (χ3n) is 8.34. The number of halogens is 1. The fourth-order valence-electron chi connectivity index (χ4n) is 6.58. The van der Waals surface area contributed by atoms with Crippen LogP contribution in [0.3, 0.4) is 0 Å². The van der Waals surface area contributed by atoms with Crippen molar-refractivity contribution >= 4 is 35.0 Å². The summed E-state index contributed by atoms with van der Waals surface area (Å²) in [5.41, 5.74) is -0.659. The number of anilines is 1. The zero-order valence-electron chi connectivity index (χ0n) is 20.9. The van der Waals surface area contributed by atoms with Crippen molar-refractivity contribution in [3.63, 3.8) is 0 Å².